The molecule has 0 amide bonds. The van der Waals surface area contributed by atoms with Crippen LogP contribution in [0.25, 0.3) is 0 Å². The van der Waals surface area contributed by atoms with Gasteiger partial charge in [-0.2, -0.15) is 0 Å². The molecule has 0 radical (unpaired) electrons. The maximum absolute atomic E-state index is 14.6. The minimum Gasteiger partial charge on any atom is -0.309 e. The summed E-state index contributed by atoms with van der Waals surface area (Å²) >= 11 is 0. The summed E-state index contributed by atoms with van der Waals surface area (Å²) in [6.45, 7) is 0. The van der Waals surface area contributed by atoms with Crippen molar-refractivity contribution in [1.29, 1.82) is 0 Å². The Balaban J connectivity index is 1.97. The monoisotopic (exact) mass is 382 g/mol. The van der Waals surface area contributed by atoms with Crippen LogP contribution in [0.4, 0.5) is 0 Å². The number of benzene rings is 4. The highest BCUT2D eigenvalue weighted by Crippen LogP contribution is 2.43. The highest BCUT2D eigenvalue weighted by molar-refractivity contribution is 7.85. The number of ketones is 1. The van der Waals surface area contributed by atoms with Crippen LogP contribution < -0.4 is 15.9 Å². The van der Waals surface area contributed by atoms with Gasteiger partial charge in [-0.15, -0.1) is 0 Å². The second-order valence-corrected chi connectivity index (χ2v) is 9.23. The third-order valence-electron chi connectivity index (χ3n) is 4.76. The van der Waals surface area contributed by atoms with E-state index in [1.54, 1.807) is 18.2 Å². The van der Waals surface area contributed by atoms with Crippen molar-refractivity contribution < 1.29 is 9.36 Å². The first-order valence-corrected chi connectivity index (χ1v) is 10.8. The minimum atomic E-state index is -3.21. The molecule has 0 bridgehead atoms. The number of carbonyl (C=O) groups excluding carboxylic acids is 1. The average molecular weight is 382 g/mol. The number of hydrogen-bond acceptors (Lipinski definition) is 2. The van der Waals surface area contributed by atoms with Crippen LogP contribution in [0.15, 0.2) is 115 Å². The van der Waals surface area contributed by atoms with Crippen molar-refractivity contribution in [2.24, 2.45) is 0 Å². The van der Waals surface area contributed by atoms with Gasteiger partial charge in [-0.3, -0.25) is 4.79 Å². The van der Waals surface area contributed by atoms with Gasteiger partial charge >= 0.3 is 0 Å². The molecule has 0 aliphatic carbocycles. The third kappa shape index (κ3) is 3.24. The number of rotatable bonds is 5. The normalized spacial score (nSPS) is 11.1. The standard InChI is InChI=1S/C25H19O2P/c26-25(20-12-4-1-5-13-20)23-18-10-11-19-24(23)28(27,21-14-6-2-7-15-21)22-16-8-3-9-17-22/h1-19H. The van der Waals surface area contributed by atoms with Crippen LogP contribution in [-0.2, 0) is 4.57 Å². The molecule has 0 saturated heterocycles. The van der Waals surface area contributed by atoms with E-state index in [1.165, 1.54) is 0 Å². The van der Waals surface area contributed by atoms with E-state index in [1.807, 2.05) is 97.1 Å². The molecule has 4 aromatic carbocycles. The molecule has 2 nitrogen and oxygen atoms in total. The smallest absolute Gasteiger partial charge is 0.193 e. The summed E-state index contributed by atoms with van der Waals surface area (Å²) in [5.41, 5.74) is 1.06. The Morgan fingerprint density at radius 1 is 0.536 bits per heavy atom. The predicted octanol–water partition coefficient (Wildman–Crippen LogP) is 4.56. The first-order chi connectivity index (χ1) is 13.7. The van der Waals surface area contributed by atoms with Gasteiger partial charge in [-0.05, 0) is 0 Å². The second-order valence-electron chi connectivity index (χ2n) is 6.49. The van der Waals surface area contributed by atoms with Gasteiger partial charge in [-0.1, -0.05) is 115 Å². The second kappa shape index (κ2) is 7.80. The van der Waals surface area contributed by atoms with Gasteiger partial charge in [0.2, 0.25) is 0 Å². The first kappa shape index (κ1) is 18.2. The van der Waals surface area contributed by atoms with Crippen LogP contribution >= 0.6 is 7.14 Å². The lowest BCUT2D eigenvalue weighted by molar-refractivity contribution is 0.103. The SMILES string of the molecule is O=C(c1ccccc1)c1ccccc1P(=O)(c1ccccc1)c1ccccc1. The molecule has 0 aliphatic heterocycles. The van der Waals surface area contributed by atoms with E-state index in [0.717, 1.165) is 10.6 Å². The van der Waals surface area contributed by atoms with Crippen LogP contribution in [0, 0.1) is 0 Å². The van der Waals surface area contributed by atoms with Gasteiger partial charge < -0.3 is 4.57 Å². The minimum absolute atomic E-state index is 0.122. The van der Waals surface area contributed by atoms with Gasteiger partial charge in [0.1, 0.15) is 0 Å². The predicted molar refractivity (Wildman–Crippen MR) is 116 cm³/mol. The quantitative estimate of drug-likeness (QED) is 0.375. The Labute approximate surface area is 164 Å². The maximum atomic E-state index is 14.6. The van der Waals surface area contributed by atoms with Crippen molar-refractivity contribution in [1.82, 2.24) is 0 Å². The van der Waals surface area contributed by atoms with Gasteiger partial charge in [0, 0.05) is 27.0 Å². The molecule has 0 heterocycles. The zero-order chi connectivity index (χ0) is 19.4. The zero-order valence-electron chi connectivity index (χ0n) is 15.2. The molecule has 3 heteroatoms. The van der Waals surface area contributed by atoms with E-state index in [2.05, 4.69) is 0 Å². The average Bonchev–Trinajstić information content (AvgIpc) is 2.80. The fourth-order valence-electron chi connectivity index (χ4n) is 3.39. The molecule has 0 fully saturated rings. The third-order valence-corrected chi connectivity index (χ3v) is 7.88. The van der Waals surface area contributed by atoms with Crippen molar-refractivity contribution in [3.63, 3.8) is 0 Å². The van der Waals surface area contributed by atoms with E-state index in [0.29, 0.717) is 16.4 Å². The van der Waals surface area contributed by atoms with Crippen LogP contribution in [-0.4, -0.2) is 5.78 Å². The molecule has 0 N–H and O–H groups in total. The van der Waals surface area contributed by atoms with E-state index >= 15 is 0 Å². The Morgan fingerprint density at radius 3 is 1.50 bits per heavy atom. The molecule has 4 aromatic rings. The van der Waals surface area contributed by atoms with Crippen molar-refractivity contribution in [3.05, 3.63) is 126 Å². The van der Waals surface area contributed by atoms with E-state index < -0.39 is 7.14 Å². The van der Waals surface area contributed by atoms with Gasteiger partial charge in [0.15, 0.2) is 12.9 Å². The first-order valence-electron chi connectivity index (χ1n) is 9.12. The molecule has 4 rings (SSSR count). The van der Waals surface area contributed by atoms with Crippen molar-refractivity contribution >= 4 is 28.8 Å². The topological polar surface area (TPSA) is 34.1 Å². The zero-order valence-corrected chi connectivity index (χ0v) is 16.1. The summed E-state index contributed by atoms with van der Waals surface area (Å²) in [4.78, 5) is 13.3. The molecule has 0 atom stereocenters. The van der Waals surface area contributed by atoms with Crippen LogP contribution in [0.5, 0.6) is 0 Å². The molecule has 0 spiro atoms. The molecular weight excluding hydrogens is 363 g/mol. The summed E-state index contributed by atoms with van der Waals surface area (Å²) in [7, 11) is -3.21. The lowest BCUT2D eigenvalue weighted by Crippen LogP contribution is -2.29. The molecule has 0 saturated carbocycles. The van der Waals surface area contributed by atoms with Crippen molar-refractivity contribution in [3.8, 4) is 0 Å². The van der Waals surface area contributed by atoms with Crippen molar-refractivity contribution in [2.45, 2.75) is 0 Å². The molecule has 136 valence electrons. The highest BCUT2D eigenvalue weighted by atomic mass is 31.2. The van der Waals surface area contributed by atoms with Crippen LogP contribution in [0.1, 0.15) is 15.9 Å². The van der Waals surface area contributed by atoms with Gasteiger partial charge in [0.05, 0.1) is 0 Å². The lowest BCUT2D eigenvalue weighted by Gasteiger charge is -2.22. The summed E-state index contributed by atoms with van der Waals surface area (Å²) in [5, 5.41) is 2.00. The van der Waals surface area contributed by atoms with Gasteiger partial charge in [-0.25, -0.2) is 0 Å². The Kier molecular flexibility index (Phi) is 5.06. The highest BCUT2D eigenvalue weighted by Gasteiger charge is 2.33. The maximum Gasteiger partial charge on any atom is 0.193 e. The molecule has 0 aliphatic rings. The molecule has 0 aromatic heterocycles. The summed E-state index contributed by atoms with van der Waals surface area (Å²) < 4.78 is 14.6. The molecular formula is C25H19O2P. The van der Waals surface area contributed by atoms with E-state index in [9.17, 15) is 9.36 Å². The Bertz CT molecular complexity index is 1090. The fraction of sp³-hybridized carbons (Fsp3) is 0. The molecule has 28 heavy (non-hydrogen) atoms. The number of carbonyl (C=O) groups is 1. The van der Waals surface area contributed by atoms with Crippen molar-refractivity contribution in [2.75, 3.05) is 0 Å². The molecule has 0 unspecified atom stereocenters. The largest absolute Gasteiger partial charge is 0.309 e. The Hall–Kier alpha value is -3.22. The summed E-state index contributed by atoms with van der Waals surface area (Å²) in [6.07, 6.45) is 0. The van der Waals surface area contributed by atoms with E-state index in [4.69, 9.17) is 0 Å². The lowest BCUT2D eigenvalue weighted by atomic mass is 10.0. The summed E-state index contributed by atoms with van der Waals surface area (Å²) in [5.74, 6) is -0.122. The van der Waals surface area contributed by atoms with Gasteiger partial charge in [0.25, 0.3) is 0 Å². The fourth-order valence-corrected chi connectivity index (χ4v) is 6.24. The number of hydrogen-bond donors (Lipinski definition) is 0. The van der Waals surface area contributed by atoms with E-state index in [-0.39, 0.29) is 5.78 Å². The summed E-state index contributed by atoms with van der Waals surface area (Å²) in [6, 6.07) is 35.2. The van der Waals surface area contributed by atoms with Crippen LogP contribution in [0.2, 0.25) is 0 Å². The Morgan fingerprint density at radius 2 is 0.964 bits per heavy atom. The van der Waals surface area contributed by atoms with Crippen LogP contribution in [0.3, 0.4) is 0 Å².